The number of nitrogens with one attached hydrogen (secondary N) is 1. The Balaban J connectivity index is 0.000000181. The zero-order valence-electron chi connectivity index (χ0n) is 10.2. The first-order chi connectivity index (χ1) is 8.43. The van der Waals surface area contributed by atoms with Crippen LogP contribution in [-0.2, 0) is 16.1 Å². The van der Waals surface area contributed by atoms with E-state index in [1.807, 2.05) is 30.3 Å². The van der Waals surface area contributed by atoms with Gasteiger partial charge in [-0.2, -0.15) is 0 Å². The molecule has 1 saturated heterocycles. The van der Waals surface area contributed by atoms with Crippen LogP contribution in [0.3, 0.4) is 0 Å². The van der Waals surface area contributed by atoms with Gasteiger partial charge in [-0.1, -0.05) is 43.2 Å². The Kier molecular flexibility index (Phi) is 7.94. The smallest absolute Gasteiger partial charge is 0.293 e. The monoisotopic (exact) mass is 235 g/mol. The zero-order valence-corrected chi connectivity index (χ0v) is 10.2. The molecule has 0 aromatic heterocycles. The lowest BCUT2D eigenvalue weighted by atomic mass is 10.2. The van der Waals surface area contributed by atoms with E-state index in [-0.39, 0.29) is 0 Å². The van der Waals surface area contributed by atoms with Gasteiger partial charge in [-0.05, 0) is 31.5 Å². The van der Waals surface area contributed by atoms with Crippen molar-refractivity contribution in [1.82, 2.24) is 5.32 Å². The lowest BCUT2D eigenvalue weighted by Crippen LogP contribution is -2.12. The summed E-state index contributed by atoms with van der Waals surface area (Å²) in [5.74, 6) is 0. The van der Waals surface area contributed by atoms with Crippen LogP contribution in [0.1, 0.15) is 31.2 Å². The molecule has 1 aromatic carbocycles. The van der Waals surface area contributed by atoms with Gasteiger partial charge in [-0.25, -0.2) is 0 Å². The molecule has 1 aliphatic heterocycles. The molecule has 0 unspecified atom stereocenters. The first-order valence-corrected chi connectivity index (χ1v) is 6.23. The highest BCUT2D eigenvalue weighted by molar-refractivity contribution is 5.37. The molecule has 1 heterocycles. The third-order valence-corrected chi connectivity index (χ3v) is 2.62. The Bertz CT molecular complexity index is 268. The number of carbonyl (C=O) groups is 1. The predicted octanol–water partition coefficient (Wildman–Crippen LogP) is 2.51. The summed E-state index contributed by atoms with van der Waals surface area (Å²) in [6.45, 7) is 3.32. The third-order valence-electron chi connectivity index (χ3n) is 2.62. The summed E-state index contributed by atoms with van der Waals surface area (Å²) >= 11 is 0. The quantitative estimate of drug-likeness (QED) is 0.818. The Morgan fingerprint density at radius 3 is 2.29 bits per heavy atom. The van der Waals surface area contributed by atoms with Crippen molar-refractivity contribution in [3.63, 3.8) is 0 Å². The average molecular weight is 235 g/mol. The standard InChI is InChI=1S/C8H8O2.C6H13N/c9-7-10-6-8-4-2-1-3-5-8;1-2-4-6-7-5-3-1/h1-5,7H,6H2;7H,1-6H2. The van der Waals surface area contributed by atoms with Crippen LogP contribution in [0.15, 0.2) is 30.3 Å². The van der Waals surface area contributed by atoms with Crippen LogP contribution in [0.25, 0.3) is 0 Å². The molecule has 3 nitrogen and oxygen atoms in total. The van der Waals surface area contributed by atoms with Crippen molar-refractivity contribution in [3.8, 4) is 0 Å². The van der Waals surface area contributed by atoms with Crippen molar-refractivity contribution in [2.45, 2.75) is 32.3 Å². The van der Waals surface area contributed by atoms with Gasteiger partial charge in [0.1, 0.15) is 6.61 Å². The Hall–Kier alpha value is -1.35. The van der Waals surface area contributed by atoms with E-state index in [1.54, 1.807) is 0 Å². The maximum atomic E-state index is 9.76. The molecule has 3 heteroatoms. The maximum Gasteiger partial charge on any atom is 0.293 e. The van der Waals surface area contributed by atoms with Gasteiger partial charge >= 0.3 is 0 Å². The van der Waals surface area contributed by atoms with Crippen molar-refractivity contribution in [2.24, 2.45) is 0 Å². The molecule has 17 heavy (non-hydrogen) atoms. The first kappa shape index (κ1) is 13.7. The number of hydrogen-bond acceptors (Lipinski definition) is 3. The fraction of sp³-hybridized carbons (Fsp3) is 0.500. The minimum absolute atomic E-state index is 0.365. The van der Waals surface area contributed by atoms with Gasteiger partial charge in [0, 0.05) is 0 Å². The van der Waals surface area contributed by atoms with Crippen molar-refractivity contribution >= 4 is 6.47 Å². The number of carbonyl (C=O) groups excluding carboxylic acids is 1. The van der Waals surface area contributed by atoms with Crippen molar-refractivity contribution < 1.29 is 9.53 Å². The zero-order chi connectivity index (χ0) is 12.2. The topological polar surface area (TPSA) is 38.3 Å². The summed E-state index contributed by atoms with van der Waals surface area (Å²) in [4.78, 5) is 9.76. The van der Waals surface area contributed by atoms with E-state index in [0.717, 1.165) is 5.56 Å². The summed E-state index contributed by atoms with van der Waals surface area (Å²) in [6.07, 6.45) is 5.65. The van der Waals surface area contributed by atoms with Crippen LogP contribution in [-0.4, -0.2) is 19.6 Å². The molecule has 0 saturated carbocycles. The highest BCUT2D eigenvalue weighted by atomic mass is 16.5. The van der Waals surface area contributed by atoms with Crippen LogP contribution in [0.2, 0.25) is 0 Å². The molecule has 94 valence electrons. The third kappa shape index (κ3) is 7.53. The highest BCUT2D eigenvalue weighted by Gasteiger charge is 1.94. The SMILES string of the molecule is C1CCCNCC1.O=COCc1ccccc1. The van der Waals surface area contributed by atoms with E-state index in [2.05, 4.69) is 10.1 Å². The Morgan fingerprint density at radius 2 is 1.71 bits per heavy atom. The highest BCUT2D eigenvalue weighted by Crippen LogP contribution is 2.00. The molecule has 0 amide bonds. The lowest BCUT2D eigenvalue weighted by molar-refractivity contribution is -0.129. The fourth-order valence-electron chi connectivity index (χ4n) is 1.68. The van der Waals surface area contributed by atoms with E-state index in [1.165, 1.54) is 38.8 Å². The fourth-order valence-corrected chi connectivity index (χ4v) is 1.68. The second kappa shape index (κ2) is 9.85. The first-order valence-electron chi connectivity index (χ1n) is 6.23. The van der Waals surface area contributed by atoms with E-state index < -0.39 is 0 Å². The summed E-state index contributed by atoms with van der Waals surface area (Å²) in [6, 6.07) is 9.55. The molecule has 1 fully saturated rings. The number of hydrogen-bond donors (Lipinski definition) is 1. The molecule has 1 N–H and O–H groups in total. The lowest BCUT2D eigenvalue weighted by Gasteiger charge is -1.95. The Morgan fingerprint density at radius 1 is 1.06 bits per heavy atom. The van der Waals surface area contributed by atoms with Gasteiger partial charge in [0.2, 0.25) is 0 Å². The molecular weight excluding hydrogens is 214 g/mol. The van der Waals surface area contributed by atoms with E-state index in [9.17, 15) is 4.79 Å². The molecule has 0 bridgehead atoms. The molecule has 0 spiro atoms. The van der Waals surface area contributed by atoms with Crippen molar-refractivity contribution in [3.05, 3.63) is 35.9 Å². The van der Waals surface area contributed by atoms with Gasteiger partial charge in [0.15, 0.2) is 0 Å². The van der Waals surface area contributed by atoms with E-state index >= 15 is 0 Å². The summed E-state index contributed by atoms with van der Waals surface area (Å²) in [5.41, 5.74) is 1.01. The largest absolute Gasteiger partial charge is 0.463 e. The van der Waals surface area contributed by atoms with Crippen molar-refractivity contribution in [2.75, 3.05) is 13.1 Å². The van der Waals surface area contributed by atoms with Crippen LogP contribution in [0.5, 0.6) is 0 Å². The molecule has 0 radical (unpaired) electrons. The minimum Gasteiger partial charge on any atom is -0.463 e. The summed E-state index contributed by atoms with van der Waals surface area (Å²) in [5, 5.41) is 3.35. The average Bonchev–Trinajstić information content (AvgIpc) is 2.70. The van der Waals surface area contributed by atoms with E-state index in [0.29, 0.717) is 13.1 Å². The van der Waals surface area contributed by atoms with Crippen LogP contribution in [0, 0.1) is 0 Å². The number of rotatable bonds is 3. The van der Waals surface area contributed by atoms with Crippen molar-refractivity contribution in [1.29, 1.82) is 0 Å². The van der Waals surface area contributed by atoms with Gasteiger partial charge in [-0.15, -0.1) is 0 Å². The molecular formula is C14H21NO2. The molecule has 1 aromatic rings. The molecule has 0 atom stereocenters. The molecule has 2 rings (SSSR count). The predicted molar refractivity (Wildman–Crippen MR) is 68.6 cm³/mol. The maximum absolute atomic E-state index is 9.76. The second-order valence-corrected chi connectivity index (χ2v) is 4.06. The normalized spacial score (nSPS) is 15.1. The van der Waals surface area contributed by atoms with Gasteiger partial charge in [0.25, 0.3) is 6.47 Å². The number of benzene rings is 1. The molecule has 0 aliphatic carbocycles. The van der Waals surface area contributed by atoms with Gasteiger partial charge in [0.05, 0.1) is 0 Å². The van der Waals surface area contributed by atoms with Crippen LogP contribution >= 0.6 is 0 Å². The van der Waals surface area contributed by atoms with Crippen LogP contribution < -0.4 is 5.32 Å². The number of ether oxygens (including phenoxy) is 1. The molecule has 1 aliphatic rings. The minimum atomic E-state index is 0.365. The second-order valence-electron chi connectivity index (χ2n) is 4.06. The summed E-state index contributed by atoms with van der Waals surface area (Å²) in [7, 11) is 0. The van der Waals surface area contributed by atoms with Gasteiger partial charge < -0.3 is 10.1 Å². The van der Waals surface area contributed by atoms with E-state index in [4.69, 9.17) is 0 Å². The Labute approximate surface area is 103 Å². The van der Waals surface area contributed by atoms with Gasteiger partial charge in [-0.3, -0.25) is 4.79 Å². The van der Waals surface area contributed by atoms with Crippen LogP contribution in [0.4, 0.5) is 0 Å². The summed E-state index contributed by atoms with van der Waals surface area (Å²) < 4.78 is 4.54.